The molecule has 0 unspecified atom stereocenters. The minimum Gasteiger partial charge on any atom is -0.457 e. The van der Waals surface area contributed by atoms with Crippen LogP contribution in [0, 0.1) is 0 Å². The molecule has 0 aromatic rings. The maximum atomic E-state index is 11.7. The van der Waals surface area contributed by atoms with Gasteiger partial charge in [-0.15, -0.1) is 0 Å². The molecule has 5 nitrogen and oxygen atoms in total. The topological polar surface area (TPSA) is 78.6 Å². The van der Waals surface area contributed by atoms with Crippen molar-refractivity contribution in [3.8, 4) is 0 Å². The molecule has 0 radical (unpaired) electrons. The number of esters is 2. The first-order valence-electron chi connectivity index (χ1n) is 5.20. The quantitative estimate of drug-likeness (QED) is 0.364. The van der Waals surface area contributed by atoms with Crippen molar-refractivity contribution < 1.29 is 19.1 Å². The number of ether oxygens (including phenoxy) is 2. The molecule has 0 saturated heterocycles. The Bertz CT molecular complexity index is 282. The summed E-state index contributed by atoms with van der Waals surface area (Å²) in [7, 11) is 0. The van der Waals surface area contributed by atoms with Crippen LogP contribution in [0.25, 0.3) is 0 Å². The highest BCUT2D eigenvalue weighted by molar-refractivity contribution is 9.10. The summed E-state index contributed by atoms with van der Waals surface area (Å²) in [4.78, 5) is 23.4. The fourth-order valence-corrected chi connectivity index (χ4v) is 0.950. The van der Waals surface area contributed by atoms with Crippen molar-refractivity contribution in [3.05, 3.63) is 0 Å². The molecule has 0 amide bonds. The van der Waals surface area contributed by atoms with E-state index < -0.39 is 27.6 Å². The molecule has 100 valence electrons. The highest BCUT2D eigenvalue weighted by Crippen LogP contribution is 2.22. The smallest absolute Gasteiger partial charge is 0.349 e. The van der Waals surface area contributed by atoms with E-state index in [1.165, 1.54) is 0 Å². The second kappa shape index (κ2) is 4.94. The number of nitrogens with two attached hydrogens (primary N) is 1. The van der Waals surface area contributed by atoms with Crippen molar-refractivity contribution in [2.45, 2.75) is 57.2 Å². The molecule has 0 aliphatic carbocycles. The second-order valence-corrected chi connectivity index (χ2v) is 6.97. The maximum absolute atomic E-state index is 11.7. The molecular weight excluding hydrogens is 290 g/mol. The number of rotatable bonds is 2. The van der Waals surface area contributed by atoms with Gasteiger partial charge in [0.1, 0.15) is 11.2 Å². The van der Waals surface area contributed by atoms with Gasteiger partial charge in [0.25, 0.3) is 4.45 Å². The highest BCUT2D eigenvalue weighted by Gasteiger charge is 2.45. The van der Waals surface area contributed by atoms with Crippen LogP contribution < -0.4 is 5.73 Å². The van der Waals surface area contributed by atoms with Crippen molar-refractivity contribution >= 4 is 27.9 Å². The first kappa shape index (κ1) is 16.4. The largest absolute Gasteiger partial charge is 0.457 e. The summed E-state index contributed by atoms with van der Waals surface area (Å²) in [5.74, 6) is -1.75. The average molecular weight is 310 g/mol. The van der Waals surface area contributed by atoms with Crippen LogP contribution in [0.4, 0.5) is 0 Å². The van der Waals surface area contributed by atoms with Gasteiger partial charge in [-0.3, -0.25) is 5.73 Å². The Labute approximate surface area is 110 Å². The van der Waals surface area contributed by atoms with Gasteiger partial charge in [0, 0.05) is 0 Å². The molecule has 6 heteroatoms. The van der Waals surface area contributed by atoms with Crippen molar-refractivity contribution in [2.75, 3.05) is 0 Å². The van der Waals surface area contributed by atoms with E-state index in [0.29, 0.717) is 0 Å². The zero-order valence-electron chi connectivity index (χ0n) is 11.1. The summed E-state index contributed by atoms with van der Waals surface area (Å²) in [5.41, 5.74) is 4.14. The molecule has 0 aromatic carbocycles. The van der Waals surface area contributed by atoms with Crippen LogP contribution in [-0.4, -0.2) is 27.6 Å². The summed E-state index contributed by atoms with van der Waals surface area (Å²) in [6.45, 7) is 10.1. The number of hydrogen-bond acceptors (Lipinski definition) is 5. The minimum absolute atomic E-state index is 0.725. The van der Waals surface area contributed by atoms with E-state index in [1.807, 2.05) is 0 Å². The third kappa shape index (κ3) is 6.02. The van der Waals surface area contributed by atoms with Crippen LogP contribution in [-0.2, 0) is 19.1 Å². The summed E-state index contributed by atoms with van der Waals surface area (Å²) in [6, 6.07) is 0. The standard InChI is InChI=1S/C11H20BrNO4/c1-9(2,3)16-7(14)11(12,13)8(15)17-10(4,5)6/h13H2,1-6H3. The Kier molecular flexibility index (Phi) is 4.76. The molecule has 0 aliphatic rings. The third-order valence-corrected chi connectivity index (χ3v) is 2.04. The molecule has 0 aromatic heterocycles. The Balaban J connectivity index is 4.78. The number of alkyl halides is 1. The molecule has 0 atom stereocenters. The summed E-state index contributed by atoms with van der Waals surface area (Å²) >= 11 is 2.85. The van der Waals surface area contributed by atoms with E-state index in [1.54, 1.807) is 41.5 Å². The molecule has 0 aliphatic heterocycles. The van der Waals surface area contributed by atoms with Crippen LogP contribution in [0.5, 0.6) is 0 Å². The summed E-state index contributed by atoms with van der Waals surface area (Å²) in [5, 5.41) is 0. The van der Waals surface area contributed by atoms with E-state index in [0.717, 1.165) is 0 Å². The van der Waals surface area contributed by atoms with Gasteiger partial charge in [0.2, 0.25) is 0 Å². The van der Waals surface area contributed by atoms with Gasteiger partial charge in [-0.25, -0.2) is 9.59 Å². The van der Waals surface area contributed by atoms with Crippen LogP contribution in [0.2, 0.25) is 0 Å². The number of halogens is 1. The molecule has 0 rings (SSSR count). The van der Waals surface area contributed by atoms with Crippen LogP contribution in [0.15, 0.2) is 0 Å². The first-order chi connectivity index (χ1) is 7.26. The van der Waals surface area contributed by atoms with Crippen molar-refractivity contribution in [1.82, 2.24) is 0 Å². The maximum Gasteiger partial charge on any atom is 0.349 e. The van der Waals surface area contributed by atoms with Crippen molar-refractivity contribution in [2.24, 2.45) is 5.73 Å². The molecule has 2 N–H and O–H groups in total. The third-order valence-electron chi connectivity index (χ3n) is 1.39. The Morgan fingerprint density at radius 3 is 1.29 bits per heavy atom. The molecule has 0 fully saturated rings. The van der Waals surface area contributed by atoms with Gasteiger partial charge in [-0.1, -0.05) is 0 Å². The zero-order valence-corrected chi connectivity index (χ0v) is 12.7. The van der Waals surface area contributed by atoms with E-state index in [9.17, 15) is 9.59 Å². The van der Waals surface area contributed by atoms with Crippen molar-refractivity contribution in [3.63, 3.8) is 0 Å². The normalized spacial score (nSPS) is 13.2. The van der Waals surface area contributed by atoms with Crippen LogP contribution in [0.3, 0.4) is 0 Å². The SMILES string of the molecule is CC(C)(C)OC(=O)C(N)(Br)C(=O)OC(C)(C)C. The Morgan fingerprint density at radius 1 is 0.882 bits per heavy atom. The zero-order chi connectivity index (χ0) is 14.1. The Morgan fingerprint density at radius 2 is 1.12 bits per heavy atom. The van der Waals surface area contributed by atoms with E-state index in [2.05, 4.69) is 15.9 Å². The minimum atomic E-state index is -1.98. The molecular formula is C11H20BrNO4. The summed E-state index contributed by atoms with van der Waals surface area (Å²) < 4.78 is 8.07. The van der Waals surface area contributed by atoms with Gasteiger partial charge in [0.15, 0.2) is 0 Å². The van der Waals surface area contributed by atoms with E-state index >= 15 is 0 Å². The van der Waals surface area contributed by atoms with Gasteiger partial charge in [-0.2, -0.15) is 0 Å². The fourth-order valence-electron chi connectivity index (χ4n) is 0.788. The average Bonchev–Trinajstić information content (AvgIpc) is 1.96. The van der Waals surface area contributed by atoms with Gasteiger partial charge in [0.05, 0.1) is 0 Å². The number of carbonyl (C=O) groups is 2. The van der Waals surface area contributed by atoms with Crippen LogP contribution in [0.1, 0.15) is 41.5 Å². The fraction of sp³-hybridized carbons (Fsp3) is 0.818. The first-order valence-corrected chi connectivity index (χ1v) is 6.00. The lowest BCUT2D eigenvalue weighted by Gasteiger charge is -2.28. The molecule has 17 heavy (non-hydrogen) atoms. The molecule has 0 bridgehead atoms. The molecule has 0 spiro atoms. The highest BCUT2D eigenvalue weighted by atomic mass is 79.9. The van der Waals surface area contributed by atoms with Gasteiger partial charge >= 0.3 is 11.9 Å². The second-order valence-electron chi connectivity index (χ2n) is 5.72. The monoisotopic (exact) mass is 309 g/mol. The van der Waals surface area contributed by atoms with Gasteiger partial charge in [-0.05, 0) is 57.5 Å². The lowest BCUT2D eigenvalue weighted by atomic mass is 10.1. The van der Waals surface area contributed by atoms with Crippen molar-refractivity contribution in [1.29, 1.82) is 0 Å². The van der Waals surface area contributed by atoms with Gasteiger partial charge < -0.3 is 9.47 Å². The Hall–Kier alpha value is -0.620. The van der Waals surface area contributed by atoms with E-state index in [-0.39, 0.29) is 0 Å². The van der Waals surface area contributed by atoms with E-state index in [4.69, 9.17) is 15.2 Å². The lowest BCUT2D eigenvalue weighted by molar-refractivity contribution is -0.170. The number of carbonyl (C=O) groups excluding carboxylic acids is 2. The predicted molar refractivity (Wildman–Crippen MR) is 67.5 cm³/mol. The molecule has 0 heterocycles. The lowest BCUT2D eigenvalue weighted by Crippen LogP contribution is -2.54. The number of hydrogen-bond donors (Lipinski definition) is 1. The predicted octanol–water partition coefficient (Wildman–Crippen LogP) is 1.72. The summed E-state index contributed by atoms with van der Waals surface area (Å²) in [6.07, 6.45) is 0. The van der Waals surface area contributed by atoms with Crippen LogP contribution >= 0.6 is 15.9 Å². The molecule has 0 saturated carbocycles.